The molecule has 0 radical (unpaired) electrons. The molecule has 0 aliphatic heterocycles. The van der Waals surface area contributed by atoms with Gasteiger partial charge in [0.05, 0.1) is 11.4 Å². The van der Waals surface area contributed by atoms with Crippen LogP contribution in [0.15, 0.2) is 0 Å². The summed E-state index contributed by atoms with van der Waals surface area (Å²) in [5.74, 6) is 0. The Morgan fingerprint density at radius 2 is 1.06 bits per heavy atom. The van der Waals surface area contributed by atoms with E-state index >= 15 is 0 Å². The first-order chi connectivity index (χ1) is 7.65. The zero-order valence-electron chi connectivity index (χ0n) is 12.7. The van der Waals surface area contributed by atoms with Crippen LogP contribution in [-0.2, 0) is 11.4 Å². The number of hydrogen-bond acceptors (Lipinski definition) is 2. The fraction of sp³-hybridized carbons (Fsp3) is 1.00. The molecule has 0 aliphatic carbocycles. The van der Waals surface area contributed by atoms with E-state index in [0.29, 0.717) is 0 Å². The van der Waals surface area contributed by atoms with Crippen molar-refractivity contribution in [2.24, 2.45) is 0 Å². The normalized spacial score (nSPS) is 11.1. The maximum atomic E-state index is 8.56. The summed E-state index contributed by atoms with van der Waals surface area (Å²) in [6, 6.07) is 0. The Morgan fingerprint density at radius 1 is 0.882 bits per heavy atom. The van der Waals surface area contributed by atoms with Crippen molar-refractivity contribution in [1.29, 1.82) is 0 Å². The summed E-state index contributed by atoms with van der Waals surface area (Å²) in [4.78, 5) is 0. The van der Waals surface area contributed by atoms with E-state index in [9.17, 15) is 0 Å². The molecule has 1 atom stereocenters. The largest absolute Gasteiger partial charge is 1.00 e. The third-order valence-electron chi connectivity index (χ3n) is 2.46. The topological polar surface area (TPSA) is 60.4 Å². The second kappa shape index (κ2) is 22.3. The average molecular weight is 275 g/mol. The van der Waals surface area contributed by atoms with Crippen molar-refractivity contribution in [3.63, 3.8) is 0 Å². The second-order valence-electron chi connectivity index (χ2n) is 4.05. The fourth-order valence-electron chi connectivity index (χ4n) is 1.56. The van der Waals surface area contributed by atoms with Crippen molar-refractivity contribution in [2.75, 3.05) is 0 Å². The number of rotatable bonds is 9. The van der Waals surface area contributed by atoms with Crippen LogP contribution in [-0.4, -0.2) is 13.3 Å². The smallest absolute Gasteiger partial charge is 1.00 e. The first kappa shape index (κ1) is 23.2. The van der Waals surface area contributed by atoms with E-state index in [4.69, 9.17) is 13.3 Å². The minimum Gasteiger partial charge on any atom is -1.00 e. The van der Waals surface area contributed by atoms with Crippen LogP contribution >= 0.6 is 0 Å². The molecule has 0 fully saturated rings. The van der Waals surface area contributed by atoms with E-state index in [-0.39, 0.29) is 31.0 Å². The molecule has 0 saturated heterocycles. The molecule has 102 valence electrons. The van der Waals surface area contributed by atoms with Gasteiger partial charge in [-0.3, -0.25) is 0 Å². The summed E-state index contributed by atoms with van der Waals surface area (Å²) in [6.07, 6.45) is 14.4. The Balaban J connectivity index is -0.000000143. The van der Waals surface area contributed by atoms with Gasteiger partial charge in [0.2, 0.25) is 0 Å². The fourth-order valence-corrected chi connectivity index (χ4v) is 1.56. The van der Waals surface area contributed by atoms with Gasteiger partial charge in [-0.05, 0) is 0 Å². The summed E-state index contributed by atoms with van der Waals surface area (Å²) >= 11 is -2.86. The zero-order chi connectivity index (χ0) is 12.6. The summed E-state index contributed by atoms with van der Waals surface area (Å²) in [5, 5.41) is 0. The molecule has 0 heterocycles. The van der Waals surface area contributed by atoms with Crippen molar-refractivity contribution in [3.8, 4) is 0 Å². The molecule has 0 spiro atoms. The summed E-state index contributed by atoms with van der Waals surface area (Å²) in [6.45, 7) is 4.56. The maximum Gasteiger partial charge on any atom is 1.00 e. The molecule has 3 nitrogen and oxygen atoms in total. The van der Waals surface area contributed by atoms with E-state index in [0.717, 1.165) is 0 Å². The predicted octanol–water partition coefficient (Wildman–Crippen LogP) is 1.38. The molecule has 0 aromatic carbocycles. The van der Waals surface area contributed by atoms with Crippen LogP contribution in [0, 0.1) is 0 Å². The van der Waals surface area contributed by atoms with Gasteiger partial charge in [0.15, 0.2) is 0 Å². The molecule has 0 saturated carbocycles. The van der Waals surface area contributed by atoms with Crippen LogP contribution in [0.5, 0.6) is 0 Å². The van der Waals surface area contributed by atoms with E-state index < -0.39 is 11.4 Å². The number of unbranched alkanes of at least 4 members (excludes halogenated alkanes) is 9. The van der Waals surface area contributed by atoms with E-state index in [1.807, 2.05) is 0 Å². The minimum atomic E-state index is -2.86. The van der Waals surface area contributed by atoms with E-state index in [1.165, 1.54) is 64.2 Å². The third kappa shape index (κ3) is 38.2. The Kier molecular flexibility index (Phi) is 30.4. The molecule has 0 amide bonds. The van der Waals surface area contributed by atoms with Crippen molar-refractivity contribution < 1.29 is 44.3 Å². The number of hydrogen-bond donors (Lipinski definition) is 1. The van der Waals surface area contributed by atoms with Crippen molar-refractivity contribution in [3.05, 3.63) is 0 Å². The van der Waals surface area contributed by atoms with Gasteiger partial charge in [0, 0.05) is 0 Å². The van der Waals surface area contributed by atoms with E-state index in [1.54, 1.807) is 0 Å². The molecule has 0 rings (SSSR count). The van der Waals surface area contributed by atoms with Gasteiger partial charge in [0.1, 0.15) is 0 Å². The van der Waals surface area contributed by atoms with Crippen LogP contribution in [0.4, 0.5) is 0 Å². The molecule has 5 heteroatoms. The quantitative estimate of drug-likeness (QED) is 0.393. The summed E-state index contributed by atoms with van der Waals surface area (Å²) in [7, 11) is 0. The van der Waals surface area contributed by atoms with E-state index in [2.05, 4.69) is 13.8 Å². The first-order valence-electron chi connectivity index (χ1n) is 6.43. The van der Waals surface area contributed by atoms with Crippen molar-refractivity contribution in [2.45, 2.75) is 78.1 Å². The summed E-state index contributed by atoms with van der Waals surface area (Å²) in [5.41, 5.74) is 0. The second-order valence-corrected chi connectivity index (χ2v) is 4.48. The molecule has 0 aromatic heterocycles. The standard InChI is InChI=1S/C12H26.Na.H2O3S.H/c1-3-5-7-9-11-12-10-8-6-4-2;;1-4(2)3;/h3-12H2,1-2H3;;(H2,1,2,3);/q;+1;;-1/p-1. The minimum absolute atomic E-state index is 0. The Labute approximate surface area is 133 Å². The molecule has 1 N–H and O–H groups in total. The molecular formula is C12H28NaO3S-. The van der Waals surface area contributed by atoms with Gasteiger partial charge in [-0.1, -0.05) is 78.1 Å². The van der Waals surface area contributed by atoms with Gasteiger partial charge in [-0.15, -0.1) is 0 Å². The molecule has 0 aliphatic rings. The maximum absolute atomic E-state index is 8.56. The molecule has 1 unspecified atom stereocenters. The molecule has 0 bridgehead atoms. The van der Waals surface area contributed by atoms with Gasteiger partial charge in [-0.2, -0.15) is 0 Å². The van der Waals surface area contributed by atoms with Crippen LogP contribution in [0.1, 0.15) is 79.5 Å². The average Bonchev–Trinajstić information content (AvgIpc) is 2.21. The van der Waals surface area contributed by atoms with Gasteiger partial charge in [-0.25, -0.2) is 4.21 Å². The van der Waals surface area contributed by atoms with Gasteiger partial charge < -0.3 is 10.5 Å². The van der Waals surface area contributed by atoms with Crippen molar-refractivity contribution in [1.82, 2.24) is 0 Å². The SMILES string of the molecule is CCCCCCCCCCCC.O=S([O-])O.[H-].[Na+]. The first-order valence-corrected chi connectivity index (χ1v) is 7.46. The third-order valence-corrected chi connectivity index (χ3v) is 2.46. The monoisotopic (exact) mass is 275 g/mol. The van der Waals surface area contributed by atoms with Gasteiger partial charge >= 0.3 is 29.6 Å². The Morgan fingerprint density at radius 3 is 1.24 bits per heavy atom. The molecule has 17 heavy (non-hydrogen) atoms. The van der Waals surface area contributed by atoms with Crippen LogP contribution < -0.4 is 29.6 Å². The Bertz CT molecular complexity index is 137. The summed E-state index contributed by atoms with van der Waals surface area (Å²) < 4.78 is 24.1. The molecular weight excluding hydrogens is 247 g/mol. The van der Waals surface area contributed by atoms with Crippen LogP contribution in [0.25, 0.3) is 0 Å². The van der Waals surface area contributed by atoms with Crippen LogP contribution in [0.2, 0.25) is 0 Å². The predicted molar refractivity (Wildman–Crippen MR) is 70.2 cm³/mol. The van der Waals surface area contributed by atoms with Crippen molar-refractivity contribution >= 4 is 11.4 Å². The van der Waals surface area contributed by atoms with Gasteiger partial charge in [0.25, 0.3) is 0 Å². The molecule has 0 aromatic rings. The Hall–Kier alpha value is 1.07. The zero-order valence-corrected chi connectivity index (χ0v) is 14.6. The van der Waals surface area contributed by atoms with Crippen LogP contribution in [0.3, 0.4) is 0 Å².